The molecule has 2 N–H and O–H groups in total. The molecule has 1 atom stereocenters. The number of ketones is 1. The molecule has 1 amide bonds. The number of carboxylic acids is 1. The number of piperidine rings is 1. The molecule has 2 rings (SSSR count). The minimum Gasteiger partial charge on any atom is -0.481 e. The Labute approximate surface area is 85.5 Å². The van der Waals surface area contributed by atoms with E-state index in [9.17, 15) is 14.4 Å². The van der Waals surface area contributed by atoms with Crippen LogP contribution in [0, 0.1) is 5.92 Å². The Kier molecular flexibility index (Phi) is 1.95. The van der Waals surface area contributed by atoms with Crippen LogP contribution in [0.25, 0.3) is 0 Å². The quantitative estimate of drug-likeness (QED) is 0.605. The predicted octanol–water partition coefficient (Wildman–Crippen LogP) is 0.173. The molecule has 0 aromatic rings. The summed E-state index contributed by atoms with van der Waals surface area (Å²) in [6.07, 6.45) is -0.180. The molecule has 1 unspecified atom stereocenters. The van der Waals surface area contributed by atoms with Gasteiger partial charge in [0.15, 0.2) is 5.78 Å². The van der Waals surface area contributed by atoms with Gasteiger partial charge in [0.25, 0.3) is 0 Å². The number of amides is 1. The van der Waals surface area contributed by atoms with E-state index in [1.54, 1.807) is 0 Å². The molecule has 0 radical (unpaired) electrons. The van der Waals surface area contributed by atoms with E-state index in [1.165, 1.54) is 0 Å². The Morgan fingerprint density at radius 3 is 2.33 bits per heavy atom. The van der Waals surface area contributed by atoms with E-state index < -0.39 is 23.5 Å². The van der Waals surface area contributed by atoms with Gasteiger partial charge in [-0.25, -0.2) is 4.79 Å². The van der Waals surface area contributed by atoms with E-state index in [0.717, 1.165) is 4.90 Å². The highest BCUT2D eigenvalue weighted by molar-refractivity contribution is 6.02. The summed E-state index contributed by atoms with van der Waals surface area (Å²) in [5.41, 5.74) is -0.938. The normalized spacial score (nSPS) is 27.9. The van der Waals surface area contributed by atoms with E-state index in [4.69, 9.17) is 10.2 Å². The highest BCUT2D eigenvalue weighted by Gasteiger charge is 2.63. The van der Waals surface area contributed by atoms with Gasteiger partial charge in [0.05, 0.1) is 5.54 Å². The Morgan fingerprint density at radius 2 is 1.93 bits per heavy atom. The molecule has 6 heteroatoms. The van der Waals surface area contributed by atoms with Crippen molar-refractivity contribution >= 4 is 17.8 Å². The van der Waals surface area contributed by atoms with Gasteiger partial charge < -0.3 is 15.1 Å². The number of carbonyl (C=O) groups excluding carboxylic acids is 1. The summed E-state index contributed by atoms with van der Waals surface area (Å²) in [5, 5.41) is 17.9. The third-order valence-electron chi connectivity index (χ3n) is 3.22. The summed E-state index contributed by atoms with van der Waals surface area (Å²) >= 11 is 0. The predicted molar refractivity (Wildman–Crippen MR) is 47.4 cm³/mol. The zero-order valence-corrected chi connectivity index (χ0v) is 7.97. The number of hydrogen-bond donors (Lipinski definition) is 2. The molecule has 1 saturated heterocycles. The Morgan fingerprint density at radius 1 is 1.33 bits per heavy atom. The van der Waals surface area contributed by atoms with E-state index in [1.807, 2.05) is 0 Å². The Hall–Kier alpha value is -1.59. The number of likely N-dealkylation sites (tertiary alicyclic amines) is 1. The van der Waals surface area contributed by atoms with Crippen molar-refractivity contribution in [2.75, 3.05) is 6.54 Å². The van der Waals surface area contributed by atoms with Crippen molar-refractivity contribution in [3.05, 3.63) is 0 Å². The maximum absolute atomic E-state index is 11.5. The first-order valence-electron chi connectivity index (χ1n) is 4.75. The Bertz CT molecular complexity index is 346. The van der Waals surface area contributed by atoms with Crippen LogP contribution in [0.3, 0.4) is 0 Å². The van der Waals surface area contributed by atoms with Crippen LogP contribution in [0.4, 0.5) is 4.79 Å². The lowest BCUT2D eigenvalue weighted by atomic mass is 9.86. The lowest BCUT2D eigenvalue weighted by Crippen LogP contribution is -2.56. The monoisotopic (exact) mass is 213 g/mol. The summed E-state index contributed by atoms with van der Waals surface area (Å²) in [6, 6.07) is 0. The van der Waals surface area contributed by atoms with Crippen molar-refractivity contribution in [1.82, 2.24) is 4.90 Å². The number of hydrogen-bond acceptors (Lipinski definition) is 3. The molecule has 2 fully saturated rings. The zero-order chi connectivity index (χ0) is 11.2. The summed E-state index contributed by atoms with van der Waals surface area (Å²) in [5.74, 6) is -2.72. The minimum absolute atomic E-state index is 0.00498. The van der Waals surface area contributed by atoms with E-state index in [2.05, 4.69) is 0 Å². The molecule has 1 saturated carbocycles. The first kappa shape index (κ1) is 9.95. The summed E-state index contributed by atoms with van der Waals surface area (Å²) < 4.78 is 0. The molecule has 1 spiro atoms. The number of aliphatic carboxylic acids is 1. The van der Waals surface area contributed by atoms with Gasteiger partial charge in [-0.05, 0) is 12.8 Å². The first-order valence-corrected chi connectivity index (χ1v) is 4.75. The van der Waals surface area contributed by atoms with Gasteiger partial charge in [-0.3, -0.25) is 9.59 Å². The molecular formula is C9H11NO5. The molecule has 2 aliphatic rings. The van der Waals surface area contributed by atoms with Gasteiger partial charge in [-0.15, -0.1) is 0 Å². The number of rotatable bonds is 1. The van der Waals surface area contributed by atoms with Crippen molar-refractivity contribution in [3.8, 4) is 0 Å². The molecule has 0 bridgehead atoms. The van der Waals surface area contributed by atoms with Crippen molar-refractivity contribution in [2.24, 2.45) is 5.92 Å². The molecule has 1 aliphatic heterocycles. The van der Waals surface area contributed by atoms with E-state index in [0.29, 0.717) is 12.8 Å². The summed E-state index contributed by atoms with van der Waals surface area (Å²) in [7, 11) is 0. The van der Waals surface area contributed by atoms with Crippen LogP contribution in [-0.4, -0.2) is 45.0 Å². The minimum atomic E-state index is -1.21. The molecule has 0 aromatic carbocycles. The van der Waals surface area contributed by atoms with Crippen LogP contribution in [-0.2, 0) is 9.59 Å². The fourth-order valence-electron chi connectivity index (χ4n) is 2.38. The average Bonchev–Trinajstić information content (AvgIpc) is 2.84. The third-order valence-corrected chi connectivity index (χ3v) is 3.22. The first-order chi connectivity index (χ1) is 6.99. The maximum Gasteiger partial charge on any atom is 0.407 e. The van der Waals surface area contributed by atoms with Crippen LogP contribution in [0.5, 0.6) is 0 Å². The lowest BCUT2D eigenvalue weighted by Gasteiger charge is -2.37. The van der Waals surface area contributed by atoms with Crippen molar-refractivity contribution < 1.29 is 24.6 Å². The SMILES string of the molecule is O=C(O)C1C(=O)CCN(C(=O)O)C12CC2. The van der Waals surface area contributed by atoms with Gasteiger partial charge in [0, 0.05) is 13.0 Å². The van der Waals surface area contributed by atoms with Gasteiger partial charge in [0.2, 0.25) is 0 Å². The molecule has 1 aliphatic carbocycles. The van der Waals surface area contributed by atoms with Crippen molar-refractivity contribution in [3.63, 3.8) is 0 Å². The second kappa shape index (κ2) is 2.95. The molecule has 82 valence electrons. The molecule has 6 nitrogen and oxygen atoms in total. The van der Waals surface area contributed by atoms with Crippen LogP contribution < -0.4 is 0 Å². The van der Waals surface area contributed by atoms with Gasteiger partial charge >= 0.3 is 12.1 Å². The van der Waals surface area contributed by atoms with Crippen LogP contribution in [0.1, 0.15) is 19.3 Å². The second-order valence-corrected chi connectivity index (χ2v) is 4.03. The number of nitrogens with zero attached hydrogens (tertiary/aromatic N) is 1. The number of carboxylic acid groups (broad SMARTS) is 2. The van der Waals surface area contributed by atoms with Crippen LogP contribution >= 0.6 is 0 Å². The standard InChI is InChI=1S/C9H11NO5/c11-5-1-4-10(8(14)15)9(2-3-9)6(5)7(12)13/h6H,1-4H2,(H,12,13)(H,14,15). The van der Waals surface area contributed by atoms with E-state index in [-0.39, 0.29) is 18.7 Å². The number of Topliss-reactive ketones (excluding diaryl/α,β-unsaturated/α-hetero) is 1. The second-order valence-electron chi connectivity index (χ2n) is 4.03. The highest BCUT2D eigenvalue weighted by atomic mass is 16.4. The maximum atomic E-state index is 11.5. The lowest BCUT2D eigenvalue weighted by molar-refractivity contribution is -0.152. The molecule has 1 heterocycles. The van der Waals surface area contributed by atoms with E-state index >= 15 is 0 Å². The summed E-state index contributed by atoms with van der Waals surface area (Å²) in [6.45, 7) is 0.123. The fourth-order valence-corrected chi connectivity index (χ4v) is 2.38. The Balaban J connectivity index is 2.33. The number of carbonyl (C=O) groups is 3. The fraction of sp³-hybridized carbons (Fsp3) is 0.667. The average molecular weight is 213 g/mol. The smallest absolute Gasteiger partial charge is 0.407 e. The van der Waals surface area contributed by atoms with Gasteiger partial charge in [-0.1, -0.05) is 0 Å². The molecule has 0 aromatic heterocycles. The molecular weight excluding hydrogens is 202 g/mol. The largest absolute Gasteiger partial charge is 0.481 e. The molecule has 15 heavy (non-hydrogen) atoms. The van der Waals surface area contributed by atoms with Gasteiger partial charge in [-0.2, -0.15) is 0 Å². The van der Waals surface area contributed by atoms with Gasteiger partial charge in [0.1, 0.15) is 5.92 Å². The van der Waals surface area contributed by atoms with Crippen LogP contribution in [0.2, 0.25) is 0 Å². The topological polar surface area (TPSA) is 94.9 Å². The summed E-state index contributed by atoms with van der Waals surface area (Å²) in [4.78, 5) is 34.4. The highest BCUT2D eigenvalue weighted by Crippen LogP contribution is 2.50. The van der Waals surface area contributed by atoms with Crippen molar-refractivity contribution in [1.29, 1.82) is 0 Å². The zero-order valence-electron chi connectivity index (χ0n) is 7.97. The third kappa shape index (κ3) is 1.28. The van der Waals surface area contributed by atoms with Crippen LogP contribution in [0.15, 0.2) is 0 Å². The van der Waals surface area contributed by atoms with Crippen molar-refractivity contribution in [2.45, 2.75) is 24.8 Å².